The summed E-state index contributed by atoms with van der Waals surface area (Å²) in [6.45, 7) is 0. The summed E-state index contributed by atoms with van der Waals surface area (Å²) in [4.78, 5) is 8.12. The number of benzene rings is 1. The third kappa shape index (κ3) is 3.09. The molecule has 0 saturated carbocycles. The second-order valence-corrected chi connectivity index (χ2v) is 5.54. The van der Waals surface area contributed by atoms with Crippen LogP contribution < -0.4 is 10.1 Å². The first kappa shape index (κ1) is 15.3. The van der Waals surface area contributed by atoms with Crippen molar-refractivity contribution in [2.75, 3.05) is 5.32 Å². The number of H-pyrrole nitrogens is 1. The van der Waals surface area contributed by atoms with Gasteiger partial charge in [-0.15, -0.1) is 0 Å². The number of hydrogen-bond donors (Lipinski definition) is 2. The summed E-state index contributed by atoms with van der Waals surface area (Å²) in [7, 11) is 0. The van der Waals surface area contributed by atoms with Crippen LogP contribution in [0.15, 0.2) is 54.9 Å². The largest absolute Gasteiger partial charge is 0.435 e. The number of nitrogens with one attached hydrogen (secondary N) is 2. The van der Waals surface area contributed by atoms with E-state index in [1.54, 1.807) is 24.4 Å². The lowest BCUT2D eigenvalue weighted by Crippen LogP contribution is -1.94. The van der Waals surface area contributed by atoms with Gasteiger partial charge in [0.05, 0.1) is 10.5 Å². The zero-order valence-corrected chi connectivity index (χ0v) is 13.5. The molecule has 0 spiro atoms. The van der Waals surface area contributed by atoms with E-state index >= 15 is 0 Å². The minimum absolute atomic E-state index is 0.132. The van der Waals surface area contributed by atoms with Gasteiger partial charge in [0, 0.05) is 18.1 Å². The van der Waals surface area contributed by atoms with E-state index in [2.05, 4.69) is 25.5 Å². The fourth-order valence-electron chi connectivity index (χ4n) is 2.29. The van der Waals surface area contributed by atoms with Gasteiger partial charge < -0.3 is 10.1 Å². The topological polar surface area (TPSA) is 75.7 Å². The van der Waals surface area contributed by atoms with E-state index in [-0.39, 0.29) is 5.88 Å². The second kappa shape index (κ2) is 6.37. The minimum atomic E-state index is -0.560. The van der Waals surface area contributed by atoms with Crippen molar-refractivity contribution in [3.8, 4) is 11.6 Å². The van der Waals surface area contributed by atoms with Gasteiger partial charge in [-0.25, -0.2) is 9.37 Å². The molecule has 0 bridgehead atoms. The molecule has 0 amide bonds. The Hall–Kier alpha value is -3.19. The fraction of sp³-hybridized carbons (Fsp3) is 0. The summed E-state index contributed by atoms with van der Waals surface area (Å²) < 4.78 is 19.0. The van der Waals surface area contributed by atoms with Crippen LogP contribution in [-0.4, -0.2) is 20.2 Å². The van der Waals surface area contributed by atoms with Gasteiger partial charge in [-0.3, -0.25) is 10.1 Å². The maximum absolute atomic E-state index is 13.6. The lowest BCUT2D eigenvalue weighted by molar-refractivity contribution is 0.423. The number of anilines is 2. The molecule has 8 heteroatoms. The Kier molecular flexibility index (Phi) is 3.91. The predicted octanol–water partition coefficient (Wildman–Crippen LogP) is 4.68. The molecule has 0 radical (unpaired) electrons. The predicted molar refractivity (Wildman–Crippen MR) is 92.9 cm³/mol. The summed E-state index contributed by atoms with van der Waals surface area (Å²) in [6, 6.07) is 11.5. The third-order valence-electron chi connectivity index (χ3n) is 3.45. The fourth-order valence-corrected chi connectivity index (χ4v) is 2.51. The van der Waals surface area contributed by atoms with Crippen molar-refractivity contribution in [1.82, 2.24) is 20.2 Å². The molecule has 3 aromatic heterocycles. The van der Waals surface area contributed by atoms with E-state index in [0.717, 1.165) is 11.0 Å². The monoisotopic (exact) mass is 355 g/mol. The molecule has 4 aromatic rings. The van der Waals surface area contributed by atoms with Gasteiger partial charge in [-0.05, 0) is 42.5 Å². The van der Waals surface area contributed by atoms with E-state index in [0.29, 0.717) is 22.3 Å². The van der Waals surface area contributed by atoms with Gasteiger partial charge in [0.1, 0.15) is 11.3 Å². The van der Waals surface area contributed by atoms with E-state index in [4.69, 9.17) is 16.3 Å². The van der Waals surface area contributed by atoms with Crippen molar-refractivity contribution >= 4 is 34.1 Å². The van der Waals surface area contributed by atoms with Crippen molar-refractivity contribution < 1.29 is 9.13 Å². The molecule has 6 nitrogen and oxygen atoms in total. The number of fused-ring (bicyclic) bond motifs is 1. The van der Waals surface area contributed by atoms with Gasteiger partial charge >= 0.3 is 0 Å². The van der Waals surface area contributed by atoms with Gasteiger partial charge in [0.25, 0.3) is 5.88 Å². The molecular weight excluding hydrogens is 345 g/mol. The molecule has 0 fully saturated rings. The van der Waals surface area contributed by atoms with E-state index in [9.17, 15) is 4.39 Å². The minimum Gasteiger partial charge on any atom is -0.435 e. The SMILES string of the molecule is Fc1cccnc1Oc1ccc(Nc2n[nH]c3cccnc23)cc1Cl. The summed E-state index contributed by atoms with van der Waals surface area (Å²) in [6.07, 6.45) is 3.13. The Morgan fingerprint density at radius 2 is 1.92 bits per heavy atom. The summed E-state index contributed by atoms with van der Waals surface area (Å²) in [5, 5.41) is 10.5. The smallest absolute Gasteiger partial charge is 0.255 e. The summed E-state index contributed by atoms with van der Waals surface area (Å²) in [5.74, 6) is 0.188. The highest BCUT2D eigenvalue weighted by Gasteiger charge is 2.11. The van der Waals surface area contributed by atoms with Crippen molar-refractivity contribution in [2.45, 2.75) is 0 Å². The first-order valence-electron chi connectivity index (χ1n) is 7.35. The van der Waals surface area contributed by atoms with Crippen LogP contribution in [0.1, 0.15) is 0 Å². The molecule has 0 aliphatic carbocycles. The Morgan fingerprint density at radius 1 is 1.08 bits per heavy atom. The highest BCUT2D eigenvalue weighted by Crippen LogP contribution is 2.33. The molecule has 0 unspecified atom stereocenters. The molecule has 0 aliphatic heterocycles. The molecule has 2 N–H and O–H groups in total. The zero-order valence-electron chi connectivity index (χ0n) is 12.7. The molecule has 0 saturated heterocycles. The van der Waals surface area contributed by atoms with Crippen LogP contribution in [0.2, 0.25) is 5.02 Å². The molecule has 3 heterocycles. The summed E-state index contributed by atoms with van der Waals surface area (Å²) in [5.41, 5.74) is 2.23. The Bertz CT molecular complexity index is 1050. The molecule has 124 valence electrons. The lowest BCUT2D eigenvalue weighted by Gasteiger charge is -2.09. The average Bonchev–Trinajstić information content (AvgIpc) is 3.02. The molecule has 1 aromatic carbocycles. The van der Waals surface area contributed by atoms with Gasteiger partial charge in [0.15, 0.2) is 11.6 Å². The highest BCUT2D eigenvalue weighted by atomic mass is 35.5. The molecule has 0 aliphatic rings. The van der Waals surface area contributed by atoms with Gasteiger partial charge in [-0.2, -0.15) is 5.10 Å². The van der Waals surface area contributed by atoms with Crippen LogP contribution >= 0.6 is 11.6 Å². The van der Waals surface area contributed by atoms with Crippen LogP contribution in [0.3, 0.4) is 0 Å². The van der Waals surface area contributed by atoms with E-state index < -0.39 is 5.82 Å². The first-order chi connectivity index (χ1) is 12.2. The Morgan fingerprint density at radius 3 is 2.76 bits per heavy atom. The molecule has 25 heavy (non-hydrogen) atoms. The second-order valence-electron chi connectivity index (χ2n) is 5.13. The lowest BCUT2D eigenvalue weighted by atomic mass is 10.3. The third-order valence-corrected chi connectivity index (χ3v) is 3.74. The van der Waals surface area contributed by atoms with Crippen LogP contribution in [-0.2, 0) is 0 Å². The van der Waals surface area contributed by atoms with Crippen molar-refractivity contribution in [1.29, 1.82) is 0 Å². The zero-order chi connectivity index (χ0) is 17.2. The molecule has 4 rings (SSSR count). The number of nitrogens with zero attached hydrogens (tertiary/aromatic N) is 3. The Balaban J connectivity index is 1.58. The molecular formula is C17H11ClFN5O. The quantitative estimate of drug-likeness (QED) is 0.556. The first-order valence-corrected chi connectivity index (χ1v) is 7.72. The average molecular weight is 356 g/mol. The van der Waals surface area contributed by atoms with Crippen molar-refractivity contribution in [3.05, 3.63) is 65.7 Å². The summed E-state index contributed by atoms with van der Waals surface area (Å²) >= 11 is 6.23. The number of pyridine rings is 2. The van der Waals surface area contributed by atoms with Crippen LogP contribution in [0.25, 0.3) is 11.0 Å². The van der Waals surface area contributed by atoms with Crippen LogP contribution in [0.4, 0.5) is 15.9 Å². The van der Waals surface area contributed by atoms with E-state index in [1.165, 1.54) is 18.3 Å². The Labute approximate surface area is 146 Å². The molecule has 0 atom stereocenters. The number of halogens is 2. The van der Waals surface area contributed by atoms with Crippen molar-refractivity contribution in [2.24, 2.45) is 0 Å². The van der Waals surface area contributed by atoms with E-state index in [1.807, 2.05) is 12.1 Å². The van der Waals surface area contributed by atoms with Gasteiger partial charge in [0.2, 0.25) is 0 Å². The maximum Gasteiger partial charge on any atom is 0.255 e. The number of rotatable bonds is 4. The number of hydrogen-bond acceptors (Lipinski definition) is 5. The number of aromatic amines is 1. The number of aromatic nitrogens is 4. The van der Waals surface area contributed by atoms with Crippen LogP contribution in [0, 0.1) is 5.82 Å². The highest BCUT2D eigenvalue weighted by molar-refractivity contribution is 6.32. The maximum atomic E-state index is 13.6. The standard InChI is InChI=1S/C17H11ClFN5O/c18-11-9-10(22-16-15-13(23-24-16)4-2-7-20-15)5-6-14(11)25-17-12(19)3-1-8-21-17/h1-9H,(H2,22,23,24). The van der Waals surface area contributed by atoms with Crippen molar-refractivity contribution in [3.63, 3.8) is 0 Å². The number of ether oxygens (including phenoxy) is 1. The van der Waals surface area contributed by atoms with Crippen LogP contribution in [0.5, 0.6) is 11.6 Å². The normalized spacial score (nSPS) is 10.8. The van der Waals surface area contributed by atoms with Gasteiger partial charge in [-0.1, -0.05) is 11.6 Å².